The molecule has 0 saturated heterocycles. The highest BCUT2D eigenvalue weighted by Gasteiger charge is 2.05. The highest BCUT2D eigenvalue weighted by Crippen LogP contribution is 2.28. The minimum atomic E-state index is -0.482. The largest absolute Gasteiger partial charge is 0.493 e. The minimum Gasteiger partial charge on any atom is -0.493 e. The molecule has 124 valence electrons. The van der Waals surface area contributed by atoms with E-state index in [4.69, 9.17) is 9.47 Å². The molecular weight excluding hydrogens is 309 g/mol. The molecule has 0 spiro atoms. The van der Waals surface area contributed by atoms with Crippen LogP contribution in [0.5, 0.6) is 11.5 Å². The highest BCUT2D eigenvalue weighted by molar-refractivity contribution is 6.02. The van der Waals surface area contributed by atoms with Crippen LogP contribution in [0.2, 0.25) is 0 Å². The van der Waals surface area contributed by atoms with Gasteiger partial charge < -0.3 is 14.8 Å². The molecule has 0 atom stereocenters. The average Bonchev–Trinajstić information content (AvgIpc) is 2.60. The van der Waals surface area contributed by atoms with E-state index in [2.05, 4.69) is 11.9 Å². The van der Waals surface area contributed by atoms with Crippen LogP contribution in [0.3, 0.4) is 0 Å². The zero-order chi connectivity index (χ0) is 17.4. The normalized spacial score (nSPS) is 10.4. The summed E-state index contributed by atoms with van der Waals surface area (Å²) >= 11 is 0. The van der Waals surface area contributed by atoms with Gasteiger partial charge in [0.15, 0.2) is 11.5 Å². The van der Waals surface area contributed by atoms with E-state index in [1.807, 2.05) is 0 Å². The number of para-hydroxylation sites is 1. The molecule has 0 unspecified atom stereocenters. The molecule has 0 bridgehead atoms. The van der Waals surface area contributed by atoms with Crippen molar-refractivity contribution in [2.45, 2.75) is 0 Å². The monoisotopic (exact) mass is 327 g/mol. The third-order valence-electron chi connectivity index (χ3n) is 3.10. The van der Waals surface area contributed by atoms with Crippen molar-refractivity contribution in [3.05, 3.63) is 72.6 Å². The first kappa shape index (κ1) is 17.3. The van der Waals surface area contributed by atoms with Crippen LogP contribution in [0.4, 0.5) is 10.1 Å². The van der Waals surface area contributed by atoms with Gasteiger partial charge in [0.25, 0.3) is 0 Å². The Labute approximate surface area is 140 Å². The van der Waals surface area contributed by atoms with Crippen LogP contribution in [-0.2, 0) is 4.79 Å². The Kier molecular flexibility index (Phi) is 6.14. The Morgan fingerprint density at radius 3 is 2.75 bits per heavy atom. The molecule has 24 heavy (non-hydrogen) atoms. The number of hydrogen-bond donors (Lipinski definition) is 1. The van der Waals surface area contributed by atoms with Crippen molar-refractivity contribution >= 4 is 17.7 Å². The lowest BCUT2D eigenvalue weighted by atomic mass is 10.2. The zero-order valence-electron chi connectivity index (χ0n) is 13.3. The van der Waals surface area contributed by atoms with E-state index in [1.165, 1.54) is 25.3 Å². The third-order valence-corrected chi connectivity index (χ3v) is 3.10. The fourth-order valence-corrected chi connectivity index (χ4v) is 1.96. The Morgan fingerprint density at radius 1 is 1.25 bits per heavy atom. The van der Waals surface area contributed by atoms with Crippen molar-refractivity contribution in [1.29, 1.82) is 0 Å². The third kappa shape index (κ3) is 4.71. The first-order chi connectivity index (χ1) is 11.6. The van der Waals surface area contributed by atoms with Gasteiger partial charge in [-0.05, 0) is 35.9 Å². The molecule has 2 rings (SSSR count). The molecule has 0 aromatic heterocycles. The van der Waals surface area contributed by atoms with Crippen LogP contribution in [0.15, 0.2) is 61.2 Å². The van der Waals surface area contributed by atoms with E-state index in [1.54, 1.807) is 42.5 Å². The molecule has 1 N–H and O–H groups in total. The molecule has 5 heteroatoms. The molecule has 0 radical (unpaired) electrons. The van der Waals surface area contributed by atoms with Crippen LogP contribution in [0, 0.1) is 5.82 Å². The van der Waals surface area contributed by atoms with Gasteiger partial charge >= 0.3 is 0 Å². The summed E-state index contributed by atoms with van der Waals surface area (Å²) in [5, 5.41) is 2.48. The summed E-state index contributed by atoms with van der Waals surface area (Å²) in [6, 6.07) is 11.3. The predicted octanol–water partition coefficient (Wildman–Crippen LogP) is 4.05. The van der Waals surface area contributed by atoms with Crippen LogP contribution >= 0.6 is 0 Å². The Bertz CT molecular complexity index is 756. The Balaban J connectivity index is 2.06. The molecule has 0 heterocycles. The van der Waals surface area contributed by atoms with E-state index in [9.17, 15) is 9.18 Å². The average molecular weight is 327 g/mol. The van der Waals surface area contributed by atoms with E-state index in [-0.39, 0.29) is 5.69 Å². The minimum absolute atomic E-state index is 0.137. The van der Waals surface area contributed by atoms with Gasteiger partial charge in [-0.2, -0.15) is 0 Å². The molecule has 1 amide bonds. The SMILES string of the molecule is C=CCOc1ccc(/C=C/C(=O)Nc2ccccc2F)cc1OC. The Morgan fingerprint density at radius 2 is 2.04 bits per heavy atom. The van der Waals surface area contributed by atoms with Gasteiger partial charge in [0.1, 0.15) is 12.4 Å². The number of halogens is 1. The number of nitrogens with one attached hydrogen (secondary N) is 1. The lowest BCUT2D eigenvalue weighted by molar-refractivity contribution is -0.111. The van der Waals surface area contributed by atoms with Crippen molar-refractivity contribution in [2.24, 2.45) is 0 Å². The summed E-state index contributed by atoms with van der Waals surface area (Å²) in [6.45, 7) is 3.96. The molecule has 0 aliphatic rings. The molecule has 0 saturated carbocycles. The van der Waals surface area contributed by atoms with Gasteiger partial charge in [0.2, 0.25) is 5.91 Å². The number of carbonyl (C=O) groups excluding carboxylic acids is 1. The smallest absolute Gasteiger partial charge is 0.248 e. The van der Waals surface area contributed by atoms with E-state index in [0.29, 0.717) is 18.1 Å². The van der Waals surface area contributed by atoms with Gasteiger partial charge in [-0.25, -0.2) is 4.39 Å². The van der Waals surface area contributed by atoms with Crippen LogP contribution in [-0.4, -0.2) is 19.6 Å². The summed E-state index contributed by atoms with van der Waals surface area (Å²) in [6.07, 6.45) is 4.57. The summed E-state index contributed by atoms with van der Waals surface area (Å²) in [7, 11) is 1.54. The number of benzene rings is 2. The molecule has 4 nitrogen and oxygen atoms in total. The molecule has 0 fully saturated rings. The number of hydrogen-bond acceptors (Lipinski definition) is 3. The molecule has 0 aliphatic heterocycles. The standard InChI is InChI=1S/C19H18FNO3/c1-3-12-24-17-10-8-14(13-18(17)23-2)9-11-19(22)21-16-7-5-4-6-15(16)20/h3-11,13H,1,12H2,2H3,(H,21,22)/b11-9+. The van der Waals surface area contributed by atoms with Crippen molar-refractivity contribution in [3.8, 4) is 11.5 Å². The van der Waals surface area contributed by atoms with Crippen LogP contribution < -0.4 is 14.8 Å². The first-order valence-electron chi connectivity index (χ1n) is 7.29. The highest BCUT2D eigenvalue weighted by atomic mass is 19.1. The van der Waals surface area contributed by atoms with Gasteiger partial charge in [-0.15, -0.1) is 0 Å². The molecular formula is C19H18FNO3. The summed E-state index contributed by atoms with van der Waals surface area (Å²) in [5.74, 6) is 0.231. The molecule has 2 aromatic rings. The van der Waals surface area contributed by atoms with Crippen molar-refractivity contribution in [1.82, 2.24) is 0 Å². The number of ether oxygens (including phenoxy) is 2. The maximum Gasteiger partial charge on any atom is 0.248 e. The van der Waals surface area contributed by atoms with Crippen molar-refractivity contribution in [3.63, 3.8) is 0 Å². The summed E-state index contributed by atoms with van der Waals surface area (Å²) < 4.78 is 24.2. The van der Waals surface area contributed by atoms with Crippen LogP contribution in [0.1, 0.15) is 5.56 Å². The van der Waals surface area contributed by atoms with E-state index < -0.39 is 11.7 Å². The van der Waals surface area contributed by atoms with Gasteiger partial charge in [-0.3, -0.25) is 4.79 Å². The second-order valence-corrected chi connectivity index (χ2v) is 4.81. The Hall–Kier alpha value is -3.08. The number of anilines is 1. The number of rotatable bonds is 7. The quantitative estimate of drug-likeness (QED) is 0.616. The van der Waals surface area contributed by atoms with Gasteiger partial charge in [0, 0.05) is 6.08 Å². The number of carbonyl (C=O) groups is 1. The first-order valence-corrected chi connectivity index (χ1v) is 7.29. The predicted molar refractivity (Wildman–Crippen MR) is 92.7 cm³/mol. The van der Waals surface area contributed by atoms with E-state index >= 15 is 0 Å². The summed E-state index contributed by atoms with van der Waals surface area (Å²) in [4.78, 5) is 11.9. The number of amides is 1. The fraction of sp³-hybridized carbons (Fsp3) is 0.105. The van der Waals surface area contributed by atoms with Crippen molar-refractivity contribution in [2.75, 3.05) is 19.0 Å². The second-order valence-electron chi connectivity index (χ2n) is 4.81. The summed E-state index contributed by atoms with van der Waals surface area (Å²) in [5.41, 5.74) is 0.888. The lowest BCUT2D eigenvalue weighted by Crippen LogP contribution is -2.09. The van der Waals surface area contributed by atoms with Gasteiger partial charge in [0.05, 0.1) is 12.8 Å². The van der Waals surface area contributed by atoms with E-state index in [0.717, 1.165) is 5.56 Å². The van der Waals surface area contributed by atoms with Crippen LogP contribution in [0.25, 0.3) is 6.08 Å². The topological polar surface area (TPSA) is 47.6 Å². The zero-order valence-corrected chi connectivity index (χ0v) is 13.3. The molecule has 2 aromatic carbocycles. The maximum absolute atomic E-state index is 13.5. The van der Waals surface area contributed by atoms with Crippen molar-refractivity contribution < 1.29 is 18.7 Å². The lowest BCUT2D eigenvalue weighted by Gasteiger charge is -2.09. The van der Waals surface area contributed by atoms with Gasteiger partial charge in [-0.1, -0.05) is 30.9 Å². The maximum atomic E-state index is 13.5. The fourth-order valence-electron chi connectivity index (χ4n) is 1.96. The molecule has 0 aliphatic carbocycles. The second kappa shape index (κ2) is 8.53. The number of methoxy groups -OCH3 is 1.